The molecule has 172 valence electrons. The van der Waals surface area contributed by atoms with Crippen molar-refractivity contribution in [3.05, 3.63) is 29.8 Å². The van der Waals surface area contributed by atoms with Crippen LogP contribution in [0.1, 0.15) is 31.1 Å². The van der Waals surface area contributed by atoms with Crippen LogP contribution in [0.2, 0.25) is 0 Å². The van der Waals surface area contributed by atoms with Gasteiger partial charge in [0.25, 0.3) is 0 Å². The molecule has 0 amide bonds. The molecular weight excluding hydrogens is 410 g/mol. The van der Waals surface area contributed by atoms with Crippen molar-refractivity contribution in [2.45, 2.75) is 31.3 Å². The van der Waals surface area contributed by atoms with E-state index in [-0.39, 0.29) is 25.8 Å². The van der Waals surface area contributed by atoms with Crippen molar-refractivity contribution in [3.8, 4) is 0 Å². The van der Waals surface area contributed by atoms with E-state index >= 15 is 0 Å². The Bertz CT molecular complexity index is 595. The predicted molar refractivity (Wildman–Crippen MR) is 116 cm³/mol. The molecule has 1 aromatic carbocycles. The summed E-state index contributed by atoms with van der Waals surface area (Å²) < 4.78 is 23.7. The van der Waals surface area contributed by atoms with Crippen LogP contribution in [0.15, 0.2) is 29.2 Å². The van der Waals surface area contributed by atoms with Gasteiger partial charge in [0.2, 0.25) is 0 Å². The lowest BCUT2D eigenvalue weighted by atomic mass is 10.1. The zero-order valence-corrected chi connectivity index (χ0v) is 19.0. The summed E-state index contributed by atoms with van der Waals surface area (Å²) in [7, 11) is 0. The lowest BCUT2D eigenvalue weighted by Gasteiger charge is -2.23. The van der Waals surface area contributed by atoms with Crippen LogP contribution in [-0.2, 0) is 18.9 Å². The van der Waals surface area contributed by atoms with Crippen LogP contribution in [0.4, 0.5) is 0 Å². The number of carbonyl (C=O) groups is 1. The molecule has 0 bridgehead atoms. The molecule has 0 atom stereocenters. The fourth-order valence-electron chi connectivity index (χ4n) is 2.28. The maximum atomic E-state index is 12.6. The van der Waals surface area contributed by atoms with E-state index in [1.54, 1.807) is 6.07 Å². The van der Waals surface area contributed by atoms with E-state index in [1.807, 2.05) is 39.0 Å². The summed E-state index contributed by atoms with van der Waals surface area (Å²) in [6.07, 6.45) is 0. The number of aliphatic hydroxyl groups excluding tert-OH is 2. The summed E-state index contributed by atoms with van der Waals surface area (Å²) in [5.74, 6) is -0.362. The Morgan fingerprint density at radius 2 is 1.43 bits per heavy atom. The number of hydrogen-bond donors (Lipinski definition) is 2. The minimum atomic E-state index is -0.571. The van der Waals surface area contributed by atoms with Gasteiger partial charge in [-0.25, -0.2) is 9.10 Å². The number of carbonyl (C=O) groups excluding carboxylic acids is 1. The van der Waals surface area contributed by atoms with Crippen molar-refractivity contribution >= 4 is 17.9 Å². The summed E-state index contributed by atoms with van der Waals surface area (Å²) >= 11 is 1.45. The van der Waals surface area contributed by atoms with Crippen LogP contribution in [0.5, 0.6) is 0 Å². The molecule has 0 heterocycles. The average Bonchev–Trinajstić information content (AvgIpc) is 2.69. The molecule has 8 nitrogen and oxygen atoms in total. The predicted octanol–water partition coefficient (Wildman–Crippen LogP) is 1.99. The highest BCUT2D eigenvalue weighted by molar-refractivity contribution is 7.97. The molecule has 0 fully saturated rings. The third kappa shape index (κ3) is 12.5. The van der Waals surface area contributed by atoms with Crippen molar-refractivity contribution in [2.75, 3.05) is 65.9 Å². The van der Waals surface area contributed by atoms with Crippen LogP contribution in [0.25, 0.3) is 0 Å². The fraction of sp³-hybridized carbons (Fsp3) is 0.667. The molecule has 0 saturated carbocycles. The Morgan fingerprint density at radius 3 is 2.00 bits per heavy atom. The van der Waals surface area contributed by atoms with Crippen LogP contribution < -0.4 is 0 Å². The van der Waals surface area contributed by atoms with Gasteiger partial charge < -0.3 is 29.2 Å². The zero-order chi connectivity index (χ0) is 22.2. The Hall–Kier alpha value is -1.20. The molecule has 0 aromatic heterocycles. The normalized spacial score (nSPS) is 11.8. The van der Waals surface area contributed by atoms with Crippen molar-refractivity contribution < 1.29 is 34.0 Å². The maximum Gasteiger partial charge on any atom is 0.339 e. The van der Waals surface area contributed by atoms with Gasteiger partial charge in [-0.15, -0.1) is 0 Å². The van der Waals surface area contributed by atoms with E-state index in [2.05, 4.69) is 4.31 Å². The minimum Gasteiger partial charge on any atom is -0.456 e. The minimum absolute atomic E-state index is 0.00465. The molecule has 2 N–H and O–H groups in total. The van der Waals surface area contributed by atoms with Gasteiger partial charge in [0, 0.05) is 18.0 Å². The molecule has 0 aliphatic carbocycles. The molecule has 0 unspecified atom stereocenters. The third-order valence-electron chi connectivity index (χ3n) is 3.55. The van der Waals surface area contributed by atoms with E-state index in [9.17, 15) is 4.79 Å². The molecule has 0 saturated heterocycles. The van der Waals surface area contributed by atoms with E-state index < -0.39 is 5.60 Å². The topological polar surface area (TPSA) is 97.7 Å². The molecule has 30 heavy (non-hydrogen) atoms. The molecule has 1 rings (SSSR count). The highest BCUT2D eigenvalue weighted by Crippen LogP contribution is 2.27. The second-order valence-electron chi connectivity index (χ2n) is 7.30. The highest BCUT2D eigenvalue weighted by Gasteiger charge is 2.21. The van der Waals surface area contributed by atoms with Crippen molar-refractivity contribution in [2.24, 2.45) is 0 Å². The number of rotatable bonds is 16. The van der Waals surface area contributed by atoms with Crippen LogP contribution >= 0.6 is 11.9 Å². The molecule has 0 aliphatic rings. The second kappa shape index (κ2) is 15.6. The number of benzene rings is 1. The first-order valence-electron chi connectivity index (χ1n) is 10.1. The summed E-state index contributed by atoms with van der Waals surface area (Å²) in [6, 6.07) is 7.33. The van der Waals surface area contributed by atoms with Gasteiger partial charge >= 0.3 is 5.97 Å². The third-order valence-corrected chi connectivity index (χ3v) is 4.72. The van der Waals surface area contributed by atoms with Gasteiger partial charge in [-0.05, 0) is 44.9 Å². The smallest absolute Gasteiger partial charge is 0.339 e. The number of aliphatic hydroxyl groups is 2. The van der Waals surface area contributed by atoms with Gasteiger partial charge in [-0.3, -0.25) is 0 Å². The Kier molecular flexibility index (Phi) is 13.9. The first-order valence-corrected chi connectivity index (χ1v) is 10.8. The molecule has 0 spiro atoms. The SMILES string of the molecule is CC(C)(C)OC(=O)c1ccccc1SN(CCOCCO)CCOCCOCCO. The van der Waals surface area contributed by atoms with Gasteiger partial charge in [0.1, 0.15) is 5.60 Å². The van der Waals surface area contributed by atoms with E-state index in [0.717, 1.165) is 4.90 Å². The summed E-state index contributed by atoms with van der Waals surface area (Å²) in [6.45, 7) is 9.07. The number of ether oxygens (including phenoxy) is 4. The van der Waals surface area contributed by atoms with Crippen LogP contribution in [0, 0.1) is 0 Å². The summed E-state index contributed by atoms with van der Waals surface area (Å²) in [5, 5.41) is 17.6. The van der Waals surface area contributed by atoms with Gasteiger partial charge in [0.05, 0.1) is 58.4 Å². The maximum absolute atomic E-state index is 12.6. The van der Waals surface area contributed by atoms with Crippen LogP contribution in [-0.4, -0.2) is 92.0 Å². The van der Waals surface area contributed by atoms with Gasteiger partial charge in [-0.2, -0.15) is 0 Å². The molecular formula is C21H35NO7S. The molecule has 1 aromatic rings. The Morgan fingerprint density at radius 1 is 0.900 bits per heavy atom. The lowest BCUT2D eigenvalue weighted by Crippen LogP contribution is -2.27. The average molecular weight is 446 g/mol. The Labute approximate surface area is 183 Å². The van der Waals surface area contributed by atoms with Crippen molar-refractivity contribution in [1.29, 1.82) is 0 Å². The van der Waals surface area contributed by atoms with E-state index in [1.165, 1.54) is 11.9 Å². The highest BCUT2D eigenvalue weighted by atomic mass is 32.2. The van der Waals surface area contributed by atoms with Crippen LogP contribution in [0.3, 0.4) is 0 Å². The standard InChI is InChI=1S/C21H35NO7S/c1-21(2,3)29-20(25)18-6-4-5-7-19(18)30-22(8-12-26-14-10-23)9-13-27-16-17-28-15-11-24/h4-7,23-24H,8-17H2,1-3H3. The second-order valence-corrected chi connectivity index (χ2v) is 8.44. The molecule has 0 radical (unpaired) electrons. The summed E-state index contributed by atoms with van der Waals surface area (Å²) in [4.78, 5) is 13.4. The molecule has 9 heteroatoms. The van der Waals surface area contributed by atoms with Gasteiger partial charge in [0.15, 0.2) is 0 Å². The largest absolute Gasteiger partial charge is 0.456 e. The van der Waals surface area contributed by atoms with E-state index in [4.69, 9.17) is 29.2 Å². The Balaban J connectivity index is 2.67. The first-order chi connectivity index (χ1) is 14.4. The van der Waals surface area contributed by atoms with Gasteiger partial charge in [-0.1, -0.05) is 12.1 Å². The molecule has 0 aliphatic heterocycles. The monoisotopic (exact) mass is 445 g/mol. The quantitative estimate of drug-likeness (QED) is 0.225. The van der Waals surface area contributed by atoms with E-state index in [0.29, 0.717) is 51.7 Å². The fourth-order valence-corrected chi connectivity index (χ4v) is 3.27. The number of hydrogen-bond acceptors (Lipinski definition) is 9. The van der Waals surface area contributed by atoms with Crippen molar-refractivity contribution in [1.82, 2.24) is 4.31 Å². The summed E-state index contributed by atoms with van der Waals surface area (Å²) in [5.41, 5.74) is -0.0597. The first kappa shape index (κ1) is 26.8. The number of nitrogens with zero attached hydrogens (tertiary/aromatic N) is 1. The lowest BCUT2D eigenvalue weighted by molar-refractivity contribution is 0.00654. The zero-order valence-electron chi connectivity index (χ0n) is 18.2. The number of esters is 1. The van der Waals surface area contributed by atoms with Crippen molar-refractivity contribution in [3.63, 3.8) is 0 Å².